The summed E-state index contributed by atoms with van der Waals surface area (Å²) >= 11 is 2.02. The molecule has 1 fully saturated rings. The first-order valence-corrected chi connectivity index (χ1v) is 7.11. The van der Waals surface area contributed by atoms with Crippen molar-refractivity contribution in [1.82, 2.24) is 5.32 Å². The molecule has 17 heavy (non-hydrogen) atoms. The molecule has 2 rings (SSSR count). The van der Waals surface area contributed by atoms with Crippen molar-refractivity contribution in [2.24, 2.45) is 0 Å². The fraction of sp³-hybridized carbons (Fsp3) is 0.462. The Morgan fingerprint density at radius 3 is 2.82 bits per heavy atom. The number of anilines is 1. The van der Waals surface area contributed by atoms with Gasteiger partial charge in [0.05, 0.1) is 0 Å². The van der Waals surface area contributed by atoms with Gasteiger partial charge in [-0.25, -0.2) is 0 Å². The number of hydrogen-bond donors (Lipinski definition) is 2. The Hall–Kier alpha value is -1.16. The molecule has 0 saturated carbocycles. The summed E-state index contributed by atoms with van der Waals surface area (Å²) in [6, 6.07) is 8.25. The highest BCUT2D eigenvalue weighted by atomic mass is 32.2. The Labute approximate surface area is 106 Å². The van der Waals surface area contributed by atoms with Gasteiger partial charge in [-0.05, 0) is 42.5 Å². The van der Waals surface area contributed by atoms with Crippen LogP contribution in [0.4, 0.5) is 5.69 Å². The Kier molecular flexibility index (Phi) is 4.31. The molecule has 3 nitrogen and oxygen atoms in total. The molecule has 0 atom stereocenters. The van der Waals surface area contributed by atoms with Gasteiger partial charge in [-0.1, -0.05) is 6.07 Å². The summed E-state index contributed by atoms with van der Waals surface area (Å²) in [6.45, 7) is 0. The minimum atomic E-state index is -0.0344. The quantitative estimate of drug-likeness (QED) is 0.865. The van der Waals surface area contributed by atoms with E-state index < -0.39 is 0 Å². The summed E-state index contributed by atoms with van der Waals surface area (Å²) in [4.78, 5) is 11.5. The van der Waals surface area contributed by atoms with Crippen LogP contribution in [0.5, 0.6) is 0 Å². The van der Waals surface area contributed by atoms with E-state index in [0.29, 0.717) is 11.6 Å². The third-order valence-corrected chi connectivity index (χ3v) is 3.99. The lowest BCUT2D eigenvalue weighted by atomic mass is 10.1. The number of carbonyl (C=O) groups is 1. The second-order valence-corrected chi connectivity index (χ2v) is 5.42. The SMILES string of the molecule is CNC(=O)c1cccc(NC2CCSCC2)c1. The number of hydrogen-bond acceptors (Lipinski definition) is 3. The van der Waals surface area contributed by atoms with Gasteiger partial charge in [0.1, 0.15) is 0 Å². The first-order valence-electron chi connectivity index (χ1n) is 5.96. The number of thioether (sulfide) groups is 1. The van der Waals surface area contributed by atoms with Crippen molar-refractivity contribution in [3.8, 4) is 0 Å². The molecule has 1 saturated heterocycles. The summed E-state index contributed by atoms with van der Waals surface area (Å²) in [7, 11) is 1.65. The predicted octanol–water partition coefficient (Wildman–Crippen LogP) is 2.35. The highest BCUT2D eigenvalue weighted by Gasteiger charge is 2.13. The third-order valence-electron chi connectivity index (χ3n) is 2.94. The minimum absolute atomic E-state index is 0.0344. The van der Waals surface area contributed by atoms with E-state index in [2.05, 4.69) is 10.6 Å². The van der Waals surface area contributed by atoms with Gasteiger partial charge in [0.25, 0.3) is 5.91 Å². The summed E-state index contributed by atoms with van der Waals surface area (Å²) in [5.74, 6) is 2.42. The van der Waals surface area contributed by atoms with E-state index in [-0.39, 0.29) is 5.91 Å². The molecule has 1 heterocycles. The molecule has 1 aromatic carbocycles. The Morgan fingerprint density at radius 1 is 1.35 bits per heavy atom. The zero-order valence-electron chi connectivity index (χ0n) is 10.0. The second-order valence-electron chi connectivity index (χ2n) is 4.19. The van der Waals surface area contributed by atoms with E-state index in [9.17, 15) is 4.79 Å². The maximum Gasteiger partial charge on any atom is 0.251 e. The normalized spacial score (nSPS) is 16.5. The molecule has 2 N–H and O–H groups in total. The number of amides is 1. The zero-order valence-corrected chi connectivity index (χ0v) is 10.8. The lowest BCUT2D eigenvalue weighted by Crippen LogP contribution is -2.24. The standard InChI is InChI=1S/C13H18N2OS/c1-14-13(16)10-3-2-4-12(9-10)15-11-5-7-17-8-6-11/h2-4,9,11,15H,5-8H2,1H3,(H,14,16). The molecular weight excluding hydrogens is 232 g/mol. The maximum absolute atomic E-state index is 11.5. The van der Waals surface area contributed by atoms with Gasteiger partial charge in [-0.3, -0.25) is 4.79 Å². The molecule has 0 bridgehead atoms. The smallest absolute Gasteiger partial charge is 0.251 e. The topological polar surface area (TPSA) is 41.1 Å². The van der Waals surface area contributed by atoms with Crippen LogP contribution in [-0.4, -0.2) is 30.5 Å². The number of rotatable bonds is 3. The monoisotopic (exact) mass is 250 g/mol. The van der Waals surface area contributed by atoms with Gasteiger partial charge in [-0.15, -0.1) is 0 Å². The van der Waals surface area contributed by atoms with Gasteiger partial charge in [0, 0.05) is 24.3 Å². The van der Waals surface area contributed by atoms with E-state index in [1.165, 1.54) is 24.3 Å². The summed E-state index contributed by atoms with van der Waals surface area (Å²) in [6.07, 6.45) is 2.41. The van der Waals surface area contributed by atoms with Crippen LogP contribution >= 0.6 is 11.8 Å². The van der Waals surface area contributed by atoms with Crippen molar-refractivity contribution < 1.29 is 4.79 Å². The molecule has 0 aromatic heterocycles. The van der Waals surface area contributed by atoms with Crippen molar-refractivity contribution in [1.29, 1.82) is 0 Å². The summed E-state index contributed by atoms with van der Waals surface area (Å²) in [5.41, 5.74) is 1.76. The fourth-order valence-corrected chi connectivity index (χ4v) is 3.08. The molecule has 1 amide bonds. The van der Waals surface area contributed by atoms with E-state index in [0.717, 1.165) is 5.69 Å². The van der Waals surface area contributed by atoms with Crippen LogP contribution in [0.1, 0.15) is 23.2 Å². The Bertz CT molecular complexity index is 389. The van der Waals surface area contributed by atoms with Crippen molar-refractivity contribution in [3.63, 3.8) is 0 Å². The molecule has 0 unspecified atom stereocenters. The minimum Gasteiger partial charge on any atom is -0.382 e. The molecule has 92 valence electrons. The lowest BCUT2D eigenvalue weighted by Gasteiger charge is -2.23. The molecular formula is C13H18N2OS. The molecule has 1 aromatic rings. The zero-order chi connectivity index (χ0) is 12.1. The van der Waals surface area contributed by atoms with Crippen LogP contribution in [0.2, 0.25) is 0 Å². The first kappa shape index (κ1) is 12.3. The summed E-state index contributed by atoms with van der Waals surface area (Å²) in [5, 5.41) is 6.15. The van der Waals surface area contributed by atoms with Gasteiger partial charge in [0.15, 0.2) is 0 Å². The van der Waals surface area contributed by atoms with Crippen molar-refractivity contribution in [3.05, 3.63) is 29.8 Å². The highest BCUT2D eigenvalue weighted by molar-refractivity contribution is 7.99. The van der Waals surface area contributed by atoms with E-state index in [1.807, 2.05) is 36.0 Å². The largest absolute Gasteiger partial charge is 0.382 e. The number of benzene rings is 1. The van der Waals surface area contributed by atoms with Crippen LogP contribution in [-0.2, 0) is 0 Å². The molecule has 4 heteroatoms. The molecule has 0 spiro atoms. The van der Waals surface area contributed by atoms with Crippen LogP contribution in [0.15, 0.2) is 24.3 Å². The Morgan fingerprint density at radius 2 is 2.12 bits per heavy atom. The predicted molar refractivity (Wildman–Crippen MR) is 73.8 cm³/mol. The van der Waals surface area contributed by atoms with Crippen molar-refractivity contribution >= 4 is 23.4 Å². The van der Waals surface area contributed by atoms with Gasteiger partial charge >= 0.3 is 0 Å². The third kappa shape index (κ3) is 3.40. The van der Waals surface area contributed by atoms with Crippen molar-refractivity contribution in [2.45, 2.75) is 18.9 Å². The van der Waals surface area contributed by atoms with Crippen LogP contribution in [0.25, 0.3) is 0 Å². The molecule has 0 aliphatic carbocycles. The first-order chi connectivity index (χ1) is 8.29. The average Bonchev–Trinajstić information content (AvgIpc) is 2.39. The van der Waals surface area contributed by atoms with Gasteiger partial charge < -0.3 is 10.6 Å². The van der Waals surface area contributed by atoms with E-state index in [4.69, 9.17) is 0 Å². The summed E-state index contributed by atoms with van der Waals surface area (Å²) < 4.78 is 0. The Balaban J connectivity index is 2.02. The molecule has 1 aliphatic rings. The van der Waals surface area contributed by atoms with E-state index in [1.54, 1.807) is 7.05 Å². The molecule has 1 aliphatic heterocycles. The average molecular weight is 250 g/mol. The van der Waals surface area contributed by atoms with Gasteiger partial charge in [-0.2, -0.15) is 11.8 Å². The highest BCUT2D eigenvalue weighted by Crippen LogP contribution is 2.21. The van der Waals surface area contributed by atoms with Crippen LogP contribution < -0.4 is 10.6 Å². The van der Waals surface area contributed by atoms with Crippen LogP contribution in [0.3, 0.4) is 0 Å². The second kappa shape index (κ2) is 5.96. The number of nitrogens with one attached hydrogen (secondary N) is 2. The molecule has 0 radical (unpaired) electrons. The number of carbonyl (C=O) groups excluding carboxylic acids is 1. The van der Waals surface area contributed by atoms with Crippen molar-refractivity contribution in [2.75, 3.05) is 23.9 Å². The van der Waals surface area contributed by atoms with Crippen LogP contribution in [0, 0.1) is 0 Å². The van der Waals surface area contributed by atoms with E-state index >= 15 is 0 Å². The fourth-order valence-electron chi connectivity index (χ4n) is 1.97. The maximum atomic E-state index is 11.5. The lowest BCUT2D eigenvalue weighted by molar-refractivity contribution is 0.0963. The van der Waals surface area contributed by atoms with Gasteiger partial charge in [0.2, 0.25) is 0 Å².